The first-order chi connectivity index (χ1) is 8.99. The summed E-state index contributed by atoms with van der Waals surface area (Å²) in [5.74, 6) is -1.58. The van der Waals surface area contributed by atoms with E-state index in [9.17, 15) is 9.59 Å². The monoisotopic (exact) mass is 296 g/mol. The number of carbonyl (C=O) groups is 2. The fourth-order valence-electron chi connectivity index (χ4n) is 1.47. The molecule has 0 saturated carbocycles. The van der Waals surface area contributed by atoms with Crippen LogP contribution in [0.1, 0.15) is 25.0 Å². The Balaban J connectivity index is 2.33. The zero-order valence-electron chi connectivity index (χ0n) is 9.81. The number of benzene rings is 1. The molecule has 0 radical (unpaired) electrons. The number of thiazole rings is 1. The Morgan fingerprint density at radius 2 is 2.16 bits per heavy atom. The summed E-state index contributed by atoms with van der Waals surface area (Å²) in [4.78, 5) is 27.4. The number of carboxylic acid groups (broad SMARTS) is 1. The van der Waals surface area contributed by atoms with E-state index in [0.717, 1.165) is 5.01 Å². The SMILES string of the molecule is Cc1ncc(C(=O)Nc2c(Cl)cccc2C(=O)O)s1. The van der Waals surface area contributed by atoms with E-state index in [1.54, 1.807) is 6.92 Å². The van der Waals surface area contributed by atoms with Gasteiger partial charge in [-0.25, -0.2) is 9.78 Å². The van der Waals surface area contributed by atoms with Gasteiger partial charge in [-0.1, -0.05) is 17.7 Å². The minimum absolute atomic E-state index is 0.0536. The van der Waals surface area contributed by atoms with Crippen LogP contribution < -0.4 is 5.32 Å². The van der Waals surface area contributed by atoms with Crippen molar-refractivity contribution >= 4 is 40.5 Å². The van der Waals surface area contributed by atoms with Crippen LogP contribution in [0.25, 0.3) is 0 Å². The number of anilines is 1. The van der Waals surface area contributed by atoms with Crippen molar-refractivity contribution in [1.82, 2.24) is 4.98 Å². The van der Waals surface area contributed by atoms with Crippen LogP contribution in [0.15, 0.2) is 24.4 Å². The van der Waals surface area contributed by atoms with Crippen LogP contribution in [0.2, 0.25) is 5.02 Å². The van der Waals surface area contributed by atoms with Gasteiger partial charge in [0.25, 0.3) is 5.91 Å². The third kappa shape index (κ3) is 2.91. The first kappa shape index (κ1) is 13.5. The number of aryl methyl sites for hydroxylation is 1. The van der Waals surface area contributed by atoms with Crippen molar-refractivity contribution < 1.29 is 14.7 Å². The predicted molar refractivity (Wildman–Crippen MR) is 73.2 cm³/mol. The van der Waals surface area contributed by atoms with E-state index < -0.39 is 11.9 Å². The highest BCUT2D eigenvalue weighted by atomic mass is 35.5. The summed E-state index contributed by atoms with van der Waals surface area (Å²) in [6, 6.07) is 4.40. The molecule has 7 heteroatoms. The van der Waals surface area contributed by atoms with Crippen LogP contribution in [0.5, 0.6) is 0 Å². The quantitative estimate of drug-likeness (QED) is 0.912. The van der Waals surface area contributed by atoms with Crippen LogP contribution in [0.3, 0.4) is 0 Å². The number of aromatic nitrogens is 1. The third-order valence-electron chi connectivity index (χ3n) is 2.33. The molecule has 98 valence electrons. The lowest BCUT2D eigenvalue weighted by Crippen LogP contribution is -2.14. The molecular formula is C12H9ClN2O3S. The molecule has 19 heavy (non-hydrogen) atoms. The van der Waals surface area contributed by atoms with Gasteiger partial charge in [-0.2, -0.15) is 0 Å². The summed E-state index contributed by atoms with van der Waals surface area (Å²) in [6.45, 7) is 1.78. The summed E-state index contributed by atoms with van der Waals surface area (Å²) < 4.78 is 0. The van der Waals surface area contributed by atoms with Crippen molar-refractivity contribution in [3.05, 3.63) is 44.9 Å². The maximum Gasteiger partial charge on any atom is 0.337 e. The Bertz CT molecular complexity index is 654. The van der Waals surface area contributed by atoms with Crippen molar-refractivity contribution in [1.29, 1.82) is 0 Å². The number of nitrogens with one attached hydrogen (secondary N) is 1. The Morgan fingerprint density at radius 1 is 1.42 bits per heavy atom. The van der Waals surface area contributed by atoms with Crippen molar-refractivity contribution in [3.8, 4) is 0 Å². The molecule has 0 aliphatic heterocycles. The second-order valence-electron chi connectivity index (χ2n) is 3.67. The van der Waals surface area contributed by atoms with Gasteiger partial charge in [-0.05, 0) is 19.1 Å². The number of hydrogen-bond donors (Lipinski definition) is 2. The Morgan fingerprint density at radius 3 is 2.74 bits per heavy atom. The number of carbonyl (C=O) groups excluding carboxylic acids is 1. The van der Waals surface area contributed by atoms with Crippen molar-refractivity contribution in [3.63, 3.8) is 0 Å². The Kier molecular flexibility index (Phi) is 3.82. The summed E-state index contributed by atoms with van der Waals surface area (Å²) in [5.41, 5.74) is 0.0369. The van der Waals surface area contributed by atoms with Gasteiger partial charge in [0, 0.05) is 0 Å². The lowest BCUT2D eigenvalue weighted by molar-refractivity contribution is 0.0698. The third-order valence-corrected chi connectivity index (χ3v) is 3.55. The smallest absolute Gasteiger partial charge is 0.337 e. The standard InChI is InChI=1S/C12H9ClN2O3S/c1-6-14-5-9(19-6)11(16)15-10-7(12(17)18)3-2-4-8(10)13/h2-5H,1H3,(H,15,16)(H,17,18). The van der Waals surface area contributed by atoms with E-state index >= 15 is 0 Å². The topological polar surface area (TPSA) is 79.3 Å². The van der Waals surface area contributed by atoms with Gasteiger partial charge in [0.1, 0.15) is 4.88 Å². The fraction of sp³-hybridized carbons (Fsp3) is 0.0833. The van der Waals surface area contributed by atoms with E-state index in [2.05, 4.69) is 10.3 Å². The highest BCUT2D eigenvalue weighted by Gasteiger charge is 2.17. The Hall–Kier alpha value is -1.92. The average molecular weight is 297 g/mol. The molecule has 2 aromatic rings. The fourth-order valence-corrected chi connectivity index (χ4v) is 2.37. The van der Waals surface area contributed by atoms with E-state index in [0.29, 0.717) is 4.88 Å². The van der Waals surface area contributed by atoms with E-state index in [-0.39, 0.29) is 16.3 Å². The zero-order valence-corrected chi connectivity index (χ0v) is 11.4. The molecule has 0 unspecified atom stereocenters. The van der Waals surface area contributed by atoms with Crippen LogP contribution >= 0.6 is 22.9 Å². The van der Waals surface area contributed by atoms with Gasteiger partial charge < -0.3 is 10.4 Å². The van der Waals surface area contributed by atoms with Crippen molar-refractivity contribution in [2.24, 2.45) is 0 Å². The van der Waals surface area contributed by atoms with Gasteiger partial charge in [-0.15, -0.1) is 11.3 Å². The molecule has 1 heterocycles. The summed E-state index contributed by atoms with van der Waals surface area (Å²) in [6.07, 6.45) is 1.44. The number of amides is 1. The molecule has 0 atom stereocenters. The van der Waals surface area contributed by atoms with Gasteiger partial charge >= 0.3 is 5.97 Å². The summed E-state index contributed by atoms with van der Waals surface area (Å²) >= 11 is 7.14. The first-order valence-corrected chi connectivity index (χ1v) is 6.44. The van der Waals surface area contributed by atoms with E-state index in [1.807, 2.05) is 0 Å². The molecule has 0 aliphatic carbocycles. The number of aromatic carboxylic acids is 1. The van der Waals surface area contributed by atoms with Gasteiger partial charge in [0.15, 0.2) is 0 Å². The van der Waals surface area contributed by atoms with Crippen molar-refractivity contribution in [2.45, 2.75) is 6.92 Å². The van der Waals surface area contributed by atoms with Gasteiger partial charge in [0.2, 0.25) is 0 Å². The van der Waals surface area contributed by atoms with Crippen LogP contribution in [0.4, 0.5) is 5.69 Å². The summed E-state index contributed by atoms with van der Waals surface area (Å²) in [5, 5.41) is 12.5. The van der Waals surface area contributed by atoms with E-state index in [1.165, 1.54) is 35.7 Å². The Labute approximate surface area is 117 Å². The molecule has 0 fully saturated rings. The molecule has 1 aromatic heterocycles. The van der Waals surface area contributed by atoms with Gasteiger partial charge in [-0.3, -0.25) is 4.79 Å². The maximum absolute atomic E-state index is 12.0. The maximum atomic E-state index is 12.0. The molecule has 5 nitrogen and oxygen atoms in total. The normalized spacial score (nSPS) is 10.2. The molecule has 2 rings (SSSR count). The van der Waals surface area contributed by atoms with Crippen LogP contribution in [-0.4, -0.2) is 22.0 Å². The lowest BCUT2D eigenvalue weighted by atomic mass is 10.2. The molecule has 1 amide bonds. The number of halogens is 1. The second kappa shape index (κ2) is 5.38. The number of carboxylic acids is 1. The molecular weight excluding hydrogens is 288 g/mol. The molecule has 2 N–H and O–H groups in total. The molecule has 0 bridgehead atoms. The largest absolute Gasteiger partial charge is 0.478 e. The highest BCUT2D eigenvalue weighted by Crippen LogP contribution is 2.27. The van der Waals surface area contributed by atoms with Crippen LogP contribution in [0, 0.1) is 6.92 Å². The van der Waals surface area contributed by atoms with Crippen molar-refractivity contribution in [2.75, 3.05) is 5.32 Å². The number of nitrogens with zero attached hydrogens (tertiary/aromatic N) is 1. The molecule has 0 spiro atoms. The van der Waals surface area contributed by atoms with Crippen LogP contribution in [-0.2, 0) is 0 Å². The zero-order chi connectivity index (χ0) is 14.0. The molecule has 1 aromatic carbocycles. The number of hydrogen-bond acceptors (Lipinski definition) is 4. The van der Waals surface area contributed by atoms with Gasteiger partial charge in [0.05, 0.1) is 27.5 Å². The highest BCUT2D eigenvalue weighted by molar-refractivity contribution is 7.13. The first-order valence-electron chi connectivity index (χ1n) is 5.24. The average Bonchev–Trinajstić information content (AvgIpc) is 2.78. The second-order valence-corrected chi connectivity index (χ2v) is 5.31. The van der Waals surface area contributed by atoms with E-state index in [4.69, 9.17) is 16.7 Å². The lowest BCUT2D eigenvalue weighted by Gasteiger charge is -2.09. The number of rotatable bonds is 3. The minimum Gasteiger partial charge on any atom is -0.478 e. The molecule has 0 saturated heterocycles. The predicted octanol–water partition coefficient (Wildman–Crippen LogP) is 3.06. The molecule has 0 aliphatic rings. The minimum atomic E-state index is -1.15. The number of para-hydroxylation sites is 1. The summed E-state index contributed by atoms with van der Waals surface area (Å²) in [7, 11) is 0.